The third-order valence-corrected chi connectivity index (χ3v) is 3.24. The molecule has 0 bridgehead atoms. The van der Waals surface area contributed by atoms with Gasteiger partial charge in [0.25, 0.3) is 0 Å². The third-order valence-electron chi connectivity index (χ3n) is 3.24. The van der Waals surface area contributed by atoms with Crippen molar-refractivity contribution in [1.29, 1.82) is 0 Å². The van der Waals surface area contributed by atoms with E-state index in [0.717, 1.165) is 5.56 Å². The summed E-state index contributed by atoms with van der Waals surface area (Å²) in [5, 5.41) is 5.38. The Morgan fingerprint density at radius 2 is 1.74 bits per heavy atom. The quantitative estimate of drug-likeness (QED) is 0.723. The van der Waals surface area contributed by atoms with Gasteiger partial charge in [-0.3, -0.25) is 9.59 Å². The number of hydrogen-bond acceptors (Lipinski definition) is 4. The second-order valence-corrected chi connectivity index (χ2v) is 5.66. The van der Waals surface area contributed by atoms with Gasteiger partial charge in [0.05, 0.1) is 20.8 Å². The van der Waals surface area contributed by atoms with Gasteiger partial charge in [-0.15, -0.1) is 0 Å². The molecule has 0 spiro atoms. The Labute approximate surface area is 137 Å². The molecule has 6 heteroatoms. The van der Waals surface area contributed by atoms with Crippen molar-refractivity contribution >= 4 is 11.8 Å². The van der Waals surface area contributed by atoms with Gasteiger partial charge in [-0.05, 0) is 30.0 Å². The van der Waals surface area contributed by atoms with E-state index in [1.807, 2.05) is 32.0 Å². The highest BCUT2D eigenvalue weighted by Crippen LogP contribution is 2.27. The Kier molecular flexibility index (Phi) is 7.94. The number of carbonyl (C=O) groups is 2. The second-order valence-electron chi connectivity index (χ2n) is 5.66. The molecule has 0 heterocycles. The first kappa shape index (κ1) is 18.8. The zero-order valence-corrected chi connectivity index (χ0v) is 14.3. The summed E-state index contributed by atoms with van der Waals surface area (Å²) in [6, 6.07) is 5.55. The van der Waals surface area contributed by atoms with Gasteiger partial charge in [-0.1, -0.05) is 19.9 Å². The smallest absolute Gasteiger partial charge is 0.239 e. The summed E-state index contributed by atoms with van der Waals surface area (Å²) in [5.74, 6) is 1.36. The van der Waals surface area contributed by atoms with Gasteiger partial charge in [0, 0.05) is 13.0 Å². The van der Waals surface area contributed by atoms with E-state index in [-0.39, 0.29) is 18.4 Å². The summed E-state index contributed by atoms with van der Waals surface area (Å²) in [4.78, 5) is 23.3. The lowest BCUT2D eigenvalue weighted by molar-refractivity contribution is -0.126. The molecule has 0 saturated heterocycles. The molecule has 0 aliphatic heterocycles. The molecular weight excluding hydrogens is 296 g/mol. The second kappa shape index (κ2) is 9.71. The maximum atomic E-state index is 11.8. The van der Waals surface area contributed by atoms with E-state index in [4.69, 9.17) is 9.47 Å². The summed E-state index contributed by atoms with van der Waals surface area (Å²) in [5.41, 5.74) is 0.974. The van der Waals surface area contributed by atoms with Crippen molar-refractivity contribution in [3.8, 4) is 11.5 Å². The molecule has 0 aliphatic carbocycles. The average Bonchev–Trinajstić information content (AvgIpc) is 2.55. The van der Waals surface area contributed by atoms with Gasteiger partial charge in [-0.25, -0.2) is 0 Å². The topological polar surface area (TPSA) is 76.7 Å². The molecule has 0 atom stereocenters. The van der Waals surface area contributed by atoms with E-state index in [0.29, 0.717) is 36.8 Å². The van der Waals surface area contributed by atoms with Crippen LogP contribution in [-0.2, 0) is 16.0 Å². The van der Waals surface area contributed by atoms with Crippen LogP contribution in [0.2, 0.25) is 0 Å². The minimum absolute atomic E-state index is 0.0114. The van der Waals surface area contributed by atoms with Crippen LogP contribution in [0.5, 0.6) is 11.5 Å². The van der Waals surface area contributed by atoms with E-state index in [1.54, 1.807) is 14.2 Å². The maximum absolute atomic E-state index is 11.8. The highest BCUT2D eigenvalue weighted by Gasteiger charge is 2.08. The van der Waals surface area contributed by atoms with E-state index in [2.05, 4.69) is 10.6 Å². The van der Waals surface area contributed by atoms with Crippen LogP contribution >= 0.6 is 0 Å². The van der Waals surface area contributed by atoms with Crippen LogP contribution in [0, 0.1) is 5.92 Å². The zero-order valence-electron chi connectivity index (χ0n) is 14.3. The summed E-state index contributed by atoms with van der Waals surface area (Å²) in [6.07, 6.45) is 0.882. The first-order chi connectivity index (χ1) is 11.0. The molecule has 128 valence electrons. The summed E-state index contributed by atoms with van der Waals surface area (Å²) < 4.78 is 10.4. The molecule has 1 aromatic rings. The van der Waals surface area contributed by atoms with Crippen molar-refractivity contribution in [3.63, 3.8) is 0 Å². The fraction of sp³-hybridized carbons (Fsp3) is 0.529. The maximum Gasteiger partial charge on any atom is 0.239 e. The van der Waals surface area contributed by atoms with Gasteiger partial charge < -0.3 is 20.1 Å². The molecule has 0 aromatic heterocycles. The Balaban J connectivity index is 2.37. The van der Waals surface area contributed by atoms with E-state index >= 15 is 0 Å². The fourth-order valence-electron chi connectivity index (χ4n) is 1.94. The van der Waals surface area contributed by atoms with Crippen LogP contribution in [0.25, 0.3) is 0 Å². The van der Waals surface area contributed by atoms with Crippen molar-refractivity contribution in [2.24, 2.45) is 5.92 Å². The summed E-state index contributed by atoms with van der Waals surface area (Å²) >= 11 is 0. The van der Waals surface area contributed by atoms with Crippen LogP contribution in [0.4, 0.5) is 0 Å². The Hall–Kier alpha value is -2.24. The number of amides is 2. The molecular formula is C17H26N2O4. The van der Waals surface area contributed by atoms with Gasteiger partial charge >= 0.3 is 0 Å². The largest absolute Gasteiger partial charge is 0.493 e. The molecule has 2 amide bonds. The Morgan fingerprint density at radius 3 is 2.35 bits per heavy atom. The van der Waals surface area contributed by atoms with Crippen molar-refractivity contribution in [1.82, 2.24) is 10.6 Å². The Bertz CT molecular complexity index is 529. The number of benzene rings is 1. The standard InChI is InChI=1S/C17H26N2O4/c1-12(2)10-18-17(21)11-19-16(20)8-6-13-5-7-14(22-3)15(9-13)23-4/h5,7,9,12H,6,8,10-11H2,1-4H3,(H,18,21)(H,19,20). The minimum Gasteiger partial charge on any atom is -0.493 e. The zero-order chi connectivity index (χ0) is 17.2. The van der Waals surface area contributed by atoms with E-state index in [9.17, 15) is 9.59 Å². The van der Waals surface area contributed by atoms with Crippen molar-refractivity contribution in [3.05, 3.63) is 23.8 Å². The van der Waals surface area contributed by atoms with Crippen LogP contribution in [0.3, 0.4) is 0 Å². The normalized spacial score (nSPS) is 10.3. The SMILES string of the molecule is COc1ccc(CCC(=O)NCC(=O)NCC(C)C)cc1OC. The molecule has 6 nitrogen and oxygen atoms in total. The van der Waals surface area contributed by atoms with Crippen molar-refractivity contribution in [2.45, 2.75) is 26.7 Å². The molecule has 0 unspecified atom stereocenters. The van der Waals surface area contributed by atoms with E-state index in [1.165, 1.54) is 0 Å². The van der Waals surface area contributed by atoms with Gasteiger partial charge in [-0.2, -0.15) is 0 Å². The van der Waals surface area contributed by atoms with Gasteiger partial charge in [0.15, 0.2) is 11.5 Å². The number of carbonyl (C=O) groups excluding carboxylic acids is 2. The van der Waals surface area contributed by atoms with Crippen LogP contribution in [0.15, 0.2) is 18.2 Å². The fourth-order valence-corrected chi connectivity index (χ4v) is 1.94. The minimum atomic E-state index is -0.168. The molecule has 0 aliphatic rings. The number of rotatable bonds is 9. The van der Waals surface area contributed by atoms with Crippen molar-refractivity contribution in [2.75, 3.05) is 27.3 Å². The molecule has 0 saturated carbocycles. The molecule has 0 radical (unpaired) electrons. The molecule has 2 N–H and O–H groups in total. The summed E-state index contributed by atoms with van der Waals surface area (Å²) in [6.45, 7) is 4.65. The predicted molar refractivity (Wildman–Crippen MR) is 88.7 cm³/mol. The molecule has 1 rings (SSSR count). The lowest BCUT2D eigenvalue weighted by Crippen LogP contribution is -2.38. The molecule has 1 aromatic carbocycles. The summed E-state index contributed by atoms with van der Waals surface area (Å²) in [7, 11) is 3.15. The highest BCUT2D eigenvalue weighted by molar-refractivity contribution is 5.84. The number of aryl methyl sites for hydroxylation is 1. The van der Waals surface area contributed by atoms with Crippen LogP contribution < -0.4 is 20.1 Å². The Morgan fingerprint density at radius 1 is 1.04 bits per heavy atom. The number of nitrogens with one attached hydrogen (secondary N) is 2. The predicted octanol–water partition coefficient (Wildman–Crippen LogP) is 1.52. The van der Waals surface area contributed by atoms with Crippen LogP contribution in [-0.4, -0.2) is 39.1 Å². The highest BCUT2D eigenvalue weighted by atomic mass is 16.5. The lowest BCUT2D eigenvalue weighted by atomic mass is 10.1. The number of hydrogen-bond donors (Lipinski definition) is 2. The number of ether oxygens (including phenoxy) is 2. The first-order valence-electron chi connectivity index (χ1n) is 7.70. The first-order valence-corrected chi connectivity index (χ1v) is 7.70. The van der Waals surface area contributed by atoms with Crippen molar-refractivity contribution < 1.29 is 19.1 Å². The van der Waals surface area contributed by atoms with Crippen LogP contribution in [0.1, 0.15) is 25.8 Å². The third kappa shape index (κ3) is 7.04. The van der Waals surface area contributed by atoms with Gasteiger partial charge in [0.1, 0.15) is 0 Å². The van der Waals surface area contributed by atoms with E-state index < -0.39 is 0 Å². The monoisotopic (exact) mass is 322 g/mol. The number of methoxy groups -OCH3 is 2. The average molecular weight is 322 g/mol. The van der Waals surface area contributed by atoms with Gasteiger partial charge in [0.2, 0.25) is 11.8 Å². The molecule has 23 heavy (non-hydrogen) atoms. The lowest BCUT2D eigenvalue weighted by Gasteiger charge is -2.10. The molecule has 0 fully saturated rings.